The molecule has 1 aliphatic rings. The minimum Gasteiger partial charge on any atom is -0.489 e. The van der Waals surface area contributed by atoms with Crippen molar-refractivity contribution in [3.05, 3.63) is 118 Å². The Morgan fingerprint density at radius 3 is 2.29 bits per heavy atom. The predicted molar refractivity (Wildman–Crippen MR) is 136 cm³/mol. The van der Waals surface area contributed by atoms with Gasteiger partial charge in [-0.2, -0.15) is 0 Å². The van der Waals surface area contributed by atoms with Gasteiger partial charge in [0, 0.05) is 12.2 Å². The zero-order chi connectivity index (χ0) is 24.6. The summed E-state index contributed by atoms with van der Waals surface area (Å²) in [5.74, 6) is 0.00773. The minimum atomic E-state index is -0.483. The molecule has 0 N–H and O–H groups in total. The van der Waals surface area contributed by atoms with Crippen LogP contribution >= 0.6 is 0 Å². The van der Waals surface area contributed by atoms with E-state index in [-0.39, 0.29) is 12.5 Å². The molecule has 1 aliphatic heterocycles. The third kappa shape index (κ3) is 5.87. The molecule has 5 heteroatoms. The zero-order valence-electron chi connectivity index (χ0n) is 20.1. The van der Waals surface area contributed by atoms with E-state index in [4.69, 9.17) is 9.47 Å². The maximum Gasteiger partial charge on any atom is 0.340 e. The Balaban J connectivity index is 1.58. The van der Waals surface area contributed by atoms with Gasteiger partial charge in [0.2, 0.25) is 0 Å². The molecule has 5 nitrogen and oxygen atoms in total. The highest BCUT2D eigenvalue weighted by molar-refractivity contribution is 6.16. The van der Waals surface area contributed by atoms with Crippen molar-refractivity contribution in [2.24, 2.45) is 0 Å². The van der Waals surface area contributed by atoms with Crippen molar-refractivity contribution < 1.29 is 19.1 Å². The van der Waals surface area contributed by atoms with Crippen molar-refractivity contribution in [2.45, 2.75) is 26.9 Å². The van der Waals surface area contributed by atoms with Crippen molar-refractivity contribution in [3.63, 3.8) is 0 Å². The number of amides is 1. The van der Waals surface area contributed by atoms with Crippen LogP contribution in [0.4, 0.5) is 0 Å². The average molecular weight is 468 g/mol. The number of rotatable bonds is 9. The molecule has 0 aromatic heterocycles. The lowest BCUT2D eigenvalue weighted by atomic mass is 10.0. The van der Waals surface area contributed by atoms with E-state index in [0.29, 0.717) is 42.2 Å². The SMILES string of the molecule is CCOC(=O)C1=C(C)N(CCc2ccccc2)C(=O)/C1=C\c1cccc(OCc2ccccc2)c1. The molecule has 0 bridgehead atoms. The van der Waals surface area contributed by atoms with Crippen LogP contribution in [0.5, 0.6) is 5.75 Å². The highest BCUT2D eigenvalue weighted by atomic mass is 16.5. The lowest BCUT2D eigenvalue weighted by Crippen LogP contribution is -2.27. The highest BCUT2D eigenvalue weighted by Crippen LogP contribution is 2.32. The summed E-state index contributed by atoms with van der Waals surface area (Å²) < 4.78 is 11.2. The van der Waals surface area contributed by atoms with Crippen molar-refractivity contribution in [2.75, 3.05) is 13.2 Å². The molecule has 1 amide bonds. The first-order valence-corrected chi connectivity index (χ1v) is 11.8. The Bertz CT molecular complexity index is 1250. The Hall–Kier alpha value is -4.12. The standard InChI is InChI=1S/C30H29NO4/c1-3-34-30(33)28-22(2)31(18-17-23-11-6-4-7-12-23)29(32)27(28)20-25-15-10-16-26(19-25)35-21-24-13-8-5-9-14-24/h4-16,19-20H,3,17-18,21H2,1-2H3/b27-20-. The van der Waals surface area contributed by atoms with Crippen LogP contribution in [-0.2, 0) is 27.4 Å². The van der Waals surface area contributed by atoms with Gasteiger partial charge in [-0.3, -0.25) is 4.79 Å². The summed E-state index contributed by atoms with van der Waals surface area (Å²) in [6.07, 6.45) is 2.44. The molecule has 0 aliphatic carbocycles. The Morgan fingerprint density at radius 1 is 0.914 bits per heavy atom. The number of carbonyl (C=O) groups is 2. The number of carbonyl (C=O) groups excluding carboxylic acids is 2. The van der Waals surface area contributed by atoms with E-state index in [1.54, 1.807) is 24.8 Å². The molecule has 0 fully saturated rings. The third-order valence-electron chi connectivity index (χ3n) is 5.88. The number of ether oxygens (including phenoxy) is 2. The summed E-state index contributed by atoms with van der Waals surface area (Å²) in [7, 11) is 0. The Morgan fingerprint density at radius 2 is 1.60 bits per heavy atom. The second kappa shape index (κ2) is 11.3. The van der Waals surface area contributed by atoms with Crippen LogP contribution in [0.2, 0.25) is 0 Å². The molecule has 3 aromatic carbocycles. The molecular weight excluding hydrogens is 438 g/mol. The number of allylic oxidation sites excluding steroid dienone is 1. The van der Waals surface area contributed by atoms with Crippen LogP contribution in [0, 0.1) is 0 Å². The number of esters is 1. The summed E-state index contributed by atoms with van der Waals surface area (Å²) in [6.45, 7) is 4.73. The van der Waals surface area contributed by atoms with E-state index < -0.39 is 5.97 Å². The topological polar surface area (TPSA) is 55.8 Å². The largest absolute Gasteiger partial charge is 0.489 e. The van der Waals surface area contributed by atoms with Crippen molar-refractivity contribution >= 4 is 18.0 Å². The van der Waals surface area contributed by atoms with Gasteiger partial charge in [-0.1, -0.05) is 72.8 Å². The maximum absolute atomic E-state index is 13.4. The molecule has 0 saturated heterocycles. The Kier molecular flexibility index (Phi) is 7.78. The van der Waals surface area contributed by atoms with E-state index in [9.17, 15) is 9.59 Å². The number of hydrogen-bond donors (Lipinski definition) is 0. The van der Waals surface area contributed by atoms with Crippen LogP contribution in [0.25, 0.3) is 6.08 Å². The van der Waals surface area contributed by atoms with Crippen LogP contribution in [0.3, 0.4) is 0 Å². The predicted octanol–water partition coefficient (Wildman–Crippen LogP) is 5.57. The van der Waals surface area contributed by atoms with Crippen LogP contribution < -0.4 is 4.74 Å². The molecule has 35 heavy (non-hydrogen) atoms. The molecule has 0 spiro atoms. The molecular formula is C30H29NO4. The third-order valence-corrected chi connectivity index (χ3v) is 5.88. The van der Waals surface area contributed by atoms with Gasteiger partial charge in [0.15, 0.2) is 0 Å². The molecule has 0 radical (unpaired) electrons. The van der Waals surface area contributed by atoms with Gasteiger partial charge >= 0.3 is 5.97 Å². The van der Waals surface area contributed by atoms with E-state index in [1.165, 1.54) is 0 Å². The first-order valence-electron chi connectivity index (χ1n) is 11.8. The number of nitrogens with zero attached hydrogens (tertiary/aromatic N) is 1. The van der Waals surface area contributed by atoms with E-state index >= 15 is 0 Å². The fourth-order valence-corrected chi connectivity index (χ4v) is 4.09. The number of benzene rings is 3. The van der Waals surface area contributed by atoms with Gasteiger partial charge in [0.25, 0.3) is 5.91 Å². The molecule has 4 rings (SSSR count). The zero-order valence-corrected chi connectivity index (χ0v) is 20.1. The lowest BCUT2D eigenvalue weighted by molar-refractivity contribution is -0.138. The second-order valence-electron chi connectivity index (χ2n) is 8.28. The highest BCUT2D eigenvalue weighted by Gasteiger charge is 2.36. The van der Waals surface area contributed by atoms with Gasteiger partial charge in [-0.05, 0) is 55.2 Å². The molecule has 3 aromatic rings. The molecule has 0 saturated carbocycles. The summed E-state index contributed by atoms with van der Waals surface area (Å²) in [5.41, 5.74) is 4.26. The van der Waals surface area contributed by atoms with Crippen molar-refractivity contribution in [3.8, 4) is 5.75 Å². The molecule has 178 valence electrons. The summed E-state index contributed by atoms with van der Waals surface area (Å²) >= 11 is 0. The summed E-state index contributed by atoms with van der Waals surface area (Å²) in [4.78, 5) is 27.9. The van der Waals surface area contributed by atoms with Gasteiger partial charge in [0.05, 0.1) is 17.8 Å². The number of hydrogen-bond acceptors (Lipinski definition) is 4. The fraction of sp³-hybridized carbons (Fsp3) is 0.200. The molecule has 0 unspecified atom stereocenters. The quantitative estimate of drug-likeness (QED) is 0.305. The van der Waals surface area contributed by atoms with Crippen LogP contribution in [0.1, 0.15) is 30.5 Å². The normalized spacial score (nSPS) is 14.5. The first kappa shape index (κ1) is 24.0. The average Bonchev–Trinajstić information content (AvgIpc) is 3.11. The van der Waals surface area contributed by atoms with Crippen LogP contribution in [-0.4, -0.2) is 29.9 Å². The first-order chi connectivity index (χ1) is 17.1. The van der Waals surface area contributed by atoms with E-state index in [1.807, 2.05) is 84.9 Å². The smallest absolute Gasteiger partial charge is 0.340 e. The summed E-state index contributed by atoms with van der Waals surface area (Å²) in [6, 6.07) is 27.4. The van der Waals surface area contributed by atoms with Gasteiger partial charge < -0.3 is 14.4 Å². The minimum absolute atomic E-state index is 0.197. The fourth-order valence-electron chi connectivity index (χ4n) is 4.09. The Labute approximate surface area is 206 Å². The van der Waals surface area contributed by atoms with Gasteiger partial charge in [-0.15, -0.1) is 0 Å². The van der Waals surface area contributed by atoms with Crippen molar-refractivity contribution in [1.29, 1.82) is 0 Å². The van der Waals surface area contributed by atoms with E-state index in [0.717, 1.165) is 16.7 Å². The lowest BCUT2D eigenvalue weighted by Gasteiger charge is -2.17. The van der Waals surface area contributed by atoms with Gasteiger partial charge in [0.1, 0.15) is 12.4 Å². The second-order valence-corrected chi connectivity index (χ2v) is 8.28. The summed E-state index contributed by atoms with van der Waals surface area (Å²) in [5, 5.41) is 0. The molecule has 1 heterocycles. The monoisotopic (exact) mass is 467 g/mol. The van der Waals surface area contributed by atoms with Crippen molar-refractivity contribution in [1.82, 2.24) is 4.90 Å². The van der Waals surface area contributed by atoms with Crippen LogP contribution in [0.15, 0.2) is 102 Å². The van der Waals surface area contributed by atoms with E-state index in [2.05, 4.69) is 0 Å². The maximum atomic E-state index is 13.4. The molecule has 0 atom stereocenters. The van der Waals surface area contributed by atoms with Gasteiger partial charge in [-0.25, -0.2) is 4.79 Å².